The molecule has 7 rings (SSSR count). The van der Waals surface area contributed by atoms with Crippen molar-refractivity contribution in [2.45, 2.75) is 203 Å². The molecule has 0 aromatic carbocycles. The fourth-order valence-electron chi connectivity index (χ4n) is 9.21. The largest absolute Gasteiger partial charge is 0.394 e. The average molecular weight is 1090 g/mol. The minimum absolute atomic E-state index is 0.551. The first-order chi connectivity index (χ1) is 35.0. The molecule has 0 aromatic heterocycles. The van der Waals surface area contributed by atoms with Crippen molar-refractivity contribution in [2.75, 3.05) is 46.2 Å². The molecule has 7 heterocycles. The molecule has 74 heavy (non-hydrogen) atoms. The van der Waals surface area contributed by atoms with Crippen LogP contribution >= 0.6 is 0 Å². The Labute approximate surface area is 417 Å². The third-order valence-electron chi connectivity index (χ3n) is 13.7. The maximum absolute atomic E-state index is 11.6. The molecule has 0 amide bonds. The van der Waals surface area contributed by atoms with Crippen molar-refractivity contribution in [3.8, 4) is 0 Å². The zero-order valence-corrected chi connectivity index (χ0v) is 38.7. The zero-order valence-electron chi connectivity index (χ0n) is 38.7. The van der Waals surface area contributed by atoms with Gasteiger partial charge in [0.05, 0.1) is 46.2 Å². The molecule has 21 N–H and O–H groups in total. The highest BCUT2D eigenvalue weighted by Gasteiger charge is 2.57. The highest BCUT2D eigenvalue weighted by molar-refractivity contribution is 4.99. The van der Waals surface area contributed by atoms with Gasteiger partial charge in [0.15, 0.2) is 44.0 Å². The minimum atomic E-state index is -2.27. The summed E-state index contributed by atoms with van der Waals surface area (Å²) in [5.74, 6) is 0. The molecular formula is C40H68O34. The molecule has 0 saturated carbocycles. The van der Waals surface area contributed by atoms with Gasteiger partial charge in [-0.1, -0.05) is 0 Å². The Bertz CT molecular complexity index is 1710. The van der Waals surface area contributed by atoms with E-state index >= 15 is 0 Å². The van der Waals surface area contributed by atoms with Gasteiger partial charge < -0.3 is 169 Å². The molecule has 1 unspecified atom stereocenters. The van der Waals surface area contributed by atoms with E-state index in [1.54, 1.807) is 0 Å². The standard InChI is InChI=1S/C40H68O34/c41-1-10-17(48)19(50)26(57)36(67-10)74-33-16(47)9(45)5-63-40(33)65-6-13-18(49)20(51)27(58)37(69-13)73-32-14(7-64-35-25(56)15(46)8(44)4-62-35)70-39(29(60)23(32)54)72-31-12(3-43)68-38(28(59)22(31)53)71-30-11(2-42)66-34(61)24(55)21(30)52/h8-61H,1-7H2/t8-,9-,10-,11-,12-,13-,14-,15+,16+,17+,18-,19+,20+,21-,22-,23-,24-,25-,26-,27-,28-,29-,30-,31-,32-,33-,34?,35-,36+,37+,38+,39+,40-/m1/s1. The summed E-state index contributed by atoms with van der Waals surface area (Å²) in [6, 6.07) is 0. The van der Waals surface area contributed by atoms with Crippen LogP contribution in [0.2, 0.25) is 0 Å². The number of rotatable bonds is 17. The molecule has 7 aliphatic heterocycles. The van der Waals surface area contributed by atoms with Crippen LogP contribution in [0.3, 0.4) is 0 Å². The normalized spacial score (nSPS) is 53.7. The van der Waals surface area contributed by atoms with Crippen LogP contribution in [0.1, 0.15) is 0 Å². The van der Waals surface area contributed by atoms with E-state index in [1.807, 2.05) is 0 Å². The van der Waals surface area contributed by atoms with Gasteiger partial charge in [-0.25, -0.2) is 0 Å². The van der Waals surface area contributed by atoms with Crippen LogP contribution in [0, 0.1) is 0 Å². The van der Waals surface area contributed by atoms with Gasteiger partial charge in [-0.05, 0) is 0 Å². The number of hydrogen-bond donors (Lipinski definition) is 21. The lowest BCUT2D eigenvalue weighted by Gasteiger charge is -2.49. The molecular weight excluding hydrogens is 1020 g/mol. The van der Waals surface area contributed by atoms with Gasteiger partial charge in [0.2, 0.25) is 0 Å². The molecule has 7 saturated heterocycles. The second-order valence-electron chi connectivity index (χ2n) is 18.8. The molecule has 0 radical (unpaired) electrons. The van der Waals surface area contributed by atoms with E-state index < -0.39 is 249 Å². The SMILES string of the molecule is OC[C@H]1O[C@@H](O[C@H]2[C@@H](OC[C@H]3O[C@@H](O[C@H]4[C@H](O)[C@@H](O)[C@H](O[C@H]5[C@H](O)[C@@H](O)[C@H](O[C@H]6[C@H](O)[C@@H](O)C(O)O[C@@H]6CO)O[C@@H]5CO)O[C@@H]4CO[C@H]4OC[C@@H](O)[C@H](O)[C@H]4O)[C@H](O)[C@@H](O)[C@@H]3O)OC[C@@H](O)[C@@H]2O)[C@H](O)[C@@H](O)[C@H]1O. The average Bonchev–Trinajstić information content (AvgIpc) is 3.38. The highest BCUT2D eigenvalue weighted by Crippen LogP contribution is 2.36. The van der Waals surface area contributed by atoms with Crippen LogP contribution in [0.4, 0.5) is 0 Å². The third-order valence-corrected chi connectivity index (χ3v) is 13.7. The van der Waals surface area contributed by atoms with Crippen molar-refractivity contribution in [2.24, 2.45) is 0 Å². The van der Waals surface area contributed by atoms with Gasteiger partial charge in [0.1, 0.15) is 159 Å². The molecule has 33 atom stereocenters. The van der Waals surface area contributed by atoms with Gasteiger partial charge >= 0.3 is 0 Å². The summed E-state index contributed by atoms with van der Waals surface area (Å²) < 4.78 is 72.5. The van der Waals surface area contributed by atoms with Gasteiger partial charge in [-0.3, -0.25) is 0 Å². The Morgan fingerprint density at radius 3 is 1.16 bits per heavy atom. The molecule has 7 aliphatic rings. The Hall–Kier alpha value is -1.36. The summed E-state index contributed by atoms with van der Waals surface area (Å²) in [6.07, 6.45) is -62.5. The second kappa shape index (κ2) is 25.8. The molecule has 0 spiro atoms. The van der Waals surface area contributed by atoms with Gasteiger partial charge in [-0.15, -0.1) is 0 Å². The molecule has 0 aliphatic carbocycles. The maximum Gasteiger partial charge on any atom is 0.187 e. The van der Waals surface area contributed by atoms with Crippen molar-refractivity contribution < 1.29 is 169 Å². The Morgan fingerprint density at radius 2 is 0.635 bits per heavy atom. The number of aliphatic hydroxyl groups is 21. The second-order valence-corrected chi connectivity index (χ2v) is 18.8. The van der Waals surface area contributed by atoms with Crippen LogP contribution in [0.25, 0.3) is 0 Å². The quantitative estimate of drug-likeness (QED) is 0.0643. The first-order valence-corrected chi connectivity index (χ1v) is 23.5. The molecule has 7 fully saturated rings. The Kier molecular flexibility index (Phi) is 21.0. The first kappa shape index (κ1) is 60.3. The van der Waals surface area contributed by atoms with Crippen molar-refractivity contribution >= 4 is 0 Å². The maximum atomic E-state index is 11.6. The van der Waals surface area contributed by atoms with E-state index in [0.29, 0.717) is 0 Å². The summed E-state index contributed by atoms with van der Waals surface area (Å²) in [6.45, 7) is -5.62. The summed E-state index contributed by atoms with van der Waals surface area (Å²) in [5, 5.41) is 222. The Morgan fingerprint density at radius 1 is 0.284 bits per heavy atom. The summed E-state index contributed by atoms with van der Waals surface area (Å²) in [4.78, 5) is 0. The molecule has 0 bridgehead atoms. The predicted octanol–water partition coefficient (Wildman–Crippen LogP) is -15.0. The van der Waals surface area contributed by atoms with Crippen LogP contribution in [0.5, 0.6) is 0 Å². The van der Waals surface area contributed by atoms with Gasteiger partial charge in [0.25, 0.3) is 0 Å². The van der Waals surface area contributed by atoms with E-state index in [-0.39, 0.29) is 0 Å². The fraction of sp³-hybridized carbons (Fsp3) is 1.00. The van der Waals surface area contributed by atoms with Crippen LogP contribution in [0.15, 0.2) is 0 Å². The van der Waals surface area contributed by atoms with Crippen molar-refractivity contribution in [1.29, 1.82) is 0 Å². The Balaban J connectivity index is 1.06. The topological polar surface area (TPSA) is 545 Å². The van der Waals surface area contributed by atoms with Gasteiger partial charge in [0, 0.05) is 0 Å². The van der Waals surface area contributed by atoms with E-state index in [4.69, 9.17) is 61.6 Å². The molecule has 34 heteroatoms. The molecule has 34 nitrogen and oxygen atoms in total. The lowest BCUT2D eigenvalue weighted by atomic mass is 9.95. The van der Waals surface area contributed by atoms with Crippen molar-refractivity contribution in [1.82, 2.24) is 0 Å². The van der Waals surface area contributed by atoms with E-state index in [2.05, 4.69) is 0 Å². The fourth-order valence-corrected chi connectivity index (χ4v) is 9.21. The van der Waals surface area contributed by atoms with Crippen molar-refractivity contribution in [3.63, 3.8) is 0 Å². The lowest BCUT2D eigenvalue weighted by Crippen LogP contribution is -2.67. The van der Waals surface area contributed by atoms with Crippen molar-refractivity contribution in [3.05, 3.63) is 0 Å². The molecule has 432 valence electrons. The van der Waals surface area contributed by atoms with Gasteiger partial charge in [-0.2, -0.15) is 0 Å². The minimum Gasteiger partial charge on any atom is -0.394 e. The van der Waals surface area contributed by atoms with E-state index in [9.17, 15) is 107 Å². The first-order valence-electron chi connectivity index (χ1n) is 23.5. The number of hydrogen-bond acceptors (Lipinski definition) is 34. The zero-order chi connectivity index (χ0) is 54.2. The summed E-state index contributed by atoms with van der Waals surface area (Å²) in [5.41, 5.74) is 0. The highest BCUT2D eigenvalue weighted by atomic mass is 16.8. The monoisotopic (exact) mass is 1090 g/mol. The summed E-state index contributed by atoms with van der Waals surface area (Å²) in [7, 11) is 0. The number of ether oxygens (including phenoxy) is 13. The van der Waals surface area contributed by atoms with Crippen LogP contribution < -0.4 is 0 Å². The van der Waals surface area contributed by atoms with E-state index in [1.165, 1.54) is 0 Å². The molecule has 0 aromatic rings. The predicted molar refractivity (Wildman–Crippen MR) is 220 cm³/mol. The van der Waals surface area contributed by atoms with E-state index in [0.717, 1.165) is 0 Å². The summed E-state index contributed by atoms with van der Waals surface area (Å²) >= 11 is 0. The van der Waals surface area contributed by atoms with Crippen LogP contribution in [-0.4, -0.2) is 356 Å². The smallest absolute Gasteiger partial charge is 0.187 e. The number of aliphatic hydroxyl groups excluding tert-OH is 21. The lowest BCUT2D eigenvalue weighted by molar-refractivity contribution is -0.392. The van der Waals surface area contributed by atoms with Crippen LogP contribution in [-0.2, 0) is 61.6 Å². The third kappa shape index (κ3) is 12.6.